The Morgan fingerprint density at radius 1 is 1.15 bits per heavy atom. The van der Waals surface area contributed by atoms with E-state index in [-0.39, 0.29) is 5.91 Å². The van der Waals surface area contributed by atoms with Crippen LogP contribution in [-0.4, -0.2) is 17.4 Å². The van der Waals surface area contributed by atoms with Crippen molar-refractivity contribution in [3.05, 3.63) is 66.2 Å². The van der Waals surface area contributed by atoms with E-state index >= 15 is 0 Å². The van der Waals surface area contributed by atoms with Crippen molar-refractivity contribution >= 4 is 16.9 Å². The molecule has 2 heterocycles. The molecule has 0 aliphatic rings. The Morgan fingerprint density at radius 3 is 2.80 bits per heavy atom. The third-order valence-electron chi connectivity index (χ3n) is 3.18. The maximum atomic E-state index is 11.9. The predicted octanol–water partition coefficient (Wildman–Crippen LogP) is 2.80. The van der Waals surface area contributed by atoms with Crippen molar-refractivity contribution in [3.63, 3.8) is 0 Å². The fraction of sp³-hybridized carbons (Fsp3) is 0.125. The van der Waals surface area contributed by atoms with Gasteiger partial charge in [-0.1, -0.05) is 18.2 Å². The predicted molar refractivity (Wildman–Crippen MR) is 76.5 cm³/mol. The maximum Gasteiger partial charge on any atom is 0.251 e. The summed E-state index contributed by atoms with van der Waals surface area (Å²) in [5.41, 5.74) is 2.61. The van der Waals surface area contributed by atoms with E-state index in [1.807, 2.05) is 24.3 Å². The number of carbonyl (C=O) groups is 1. The number of fused-ring (bicyclic) bond motifs is 1. The molecule has 0 bridgehead atoms. The number of nitrogens with one attached hydrogen (secondary N) is 1. The molecule has 0 unspecified atom stereocenters. The van der Waals surface area contributed by atoms with Gasteiger partial charge >= 0.3 is 0 Å². The van der Waals surface area contributed by atoms with E-state index in [0.717, 1.165) is 23.0 Å². The van der Waals surface area contributed by atoms with Crippen molar-refractivity contribution in [2.75, 3.05) is 6.54 Å². The van der Waals surface area contributed by atoms with Gasteiger partial charge in [0.1, 0.15) is 5.58 Å². The van der Waals surface area contributed by atoms with Gasteiger partial charge in [0.2, 0.25) is 0 Å². The smallest absolute Gasteiger partial charge is 0.251 e. The van der Waals surface area contributed by atoms with Crippen LogP contribution in [0.5, 0.6) is 0 Å². The number of amides is 1. The number of rotatable bonds is 4. The van der Waals surface area contributed by atoms with Crippen molar-refractivity contribution in [2.45, 2.75) is 6.42 Å². The molecule has 100 valence electrons. The molecule has 1 amide bonds. The third-order valence-corrected chi connectivity index (χ3v) is 3.18. The monoisotopic (exact) mass is 266 g/mol. The zero-order valence-electron chi connectivity index (χ0n) is 10.9. The summed E-state index contributed by atoms with van der Waals surface area (Å²) < 4.78 is 5.47. The summed E-state index contributed by atoms with van der Waals surface area (Å²) in [5, 5.41) is 4.00. The van der Waals surface area contributed by atoms with Crippen molar-refractivity contribution in [3.8, 4) is 0 Å². The summed E-state index contributed by atoms with van der Waals surface area (Å²) in [4.78, 5) is 15.8. The maximum absolute atomic E-state index is 11.9. The fourth-order valence-corrected chi connectivity index (χ4v) is 2.14. The van der Waals surface area contributed by atoms with Crippen LogP contribution in [0.4, 0.5) is 0 Å². The number of nitrogens with zero attached hydrogens (tertiary/aromatic N) is 1. The Kier molecular flexibility index (Phi) is 3.46. The summed E-state index contributed by atoms with van der Waals surface area (Å²) in [5.74, 6) is -0.0831. The molecule has 0 aliphatic carbocycles. The number of aromatic nitrogens is 1. The van der Waals surface area contributed by atoms with Crippen molar-refractivity contribution in [2.24, 2.45) is 0 Å². The molecule has 0 saturated heterocycles. The van der Waals surface area contributed by atoms with Crippen LogP contribution in [0.15, 0.2) is 59.5 Å². The van der Waals surface area contributed by atoms with Gasteiger partial charge in [0.05, 0.1) is 6.26 Å². The average molecular weight is 266 g/mol. The van der Waals surface area contributed by atoms with Crippen LogP contribution in [0.25, 0.3) is 11.0 Å². The van der Waals surface area contributed by atoms with Gasteiger partial charge in [-0.15, -0.1) is 0 Å². The van der Waals surface area contributed by atoms with Gasteiger partial charge in [0, 0.05) is 29.9 Å². The van der Waals surface area contributed by atoms with Crippen LogP contribution in [0, 0.1) is 0 Å². The van der Waals surface area contributed by atoms with Gasteiger partial charge in [0.15, 0.2) is 0 Å². The molecule has 4 heteroatoms. The zero-order valence-corrected chi connectivity index (χ0v) is 10.9. The Bertz CT molecular complexity index is 719. The second-order valence-corrected chi connectivity index (χ2v) is 4.50. The number of hydrogen-bond donors (Lipinski definition) is 1. The molecule has 0 aliphatic heterocycles. The molecule has 1 N–H and O–H groups in total. The molecule has 2 aromatic heterocycles. The SMILES string of the molecule is O=C(NCCc1coc2ccccc12)c1ccncc1. The van der Waals surface area contributed by atoms with E-state index in [9.17, 15) is 4.79 Å². The number of furan rings is 1. The molecule has 3 aromatic rings. The van der Waals surface area contributed by atoms with E-state index in [0.29, 0.717) is 12.1 Å². The van der Waals surface area contributed by atoms with E-state index in [4.69, 9.17) is 4.42 Å². The summed E-state index contributed by atoms with van der Waals surface area (Å²) in [6.07, 6.45) is 5.72. The lowest BCUT2D eigenvalue weighted by Gasteiger charge is -2.04. The molecule has 0 atom stereocenters. The molecule has 0 radical (unpaired) electrons. The first-order valence-corrected chi connectivity index (χ1v) is 6.48. The largest absolute Gasteiger partial charge is 0.464 e. The van der Waals surface area contributed by atoms with Crippen LogP contribution >= 0.6 is 0 Å². The van der Waals surface area contributed by atoms with Crippen LogP contribution in [0.2, 0.25) is 0 Å². The van der Waals surface area contributed by atoms with Crippen LogP contribution < -0.4 is 5.32 Å². The Balaban J connectivity index is 1.62. The molecular weight excluding hydrogens is 252 g/mol. The lowest BCUT2D eigenvalue weighted by Crippen LogP contribution is -2.25. The fourth-order valence-electron chi connectivity index (χ4n) is 2.14. The number of hydrogen-bond acceptors (Lipinski definition) is 3. The van der Waals surface area contributed by atoms with E-state index < -0.39 is 0 Å². The molecule has 0 spiro atoms. The topological polar surface area (TPSA) is 55.1 Å². The summed E-state index contributed by atoms with van der Waals surface area (Å²) in [7, 11) is 0. The van der Waals surface area contributed by atoms with Gasteiger partial charge in [-0.05, 0) is 30.2 Å². The van der Waals surface area contributed by atoms with Crippen LogP contribution in [0.3, 0.4) is 0 Å². The molecule has 0 fully saturated rings. The first-order valence-electron chi connectivity index (χ1n) is 6.48. The molecule has 1 aromatic carbocycles. The van der Waals surface area contributed by atoms with Crippen LogP contribution in [-0.2, 0) is 6.42 Å². The minimum Gasteiger partial charge on any atom is -0.464 e. The Morgan fingerprint density at radius 2 is 1.95 bits per heavy atom. The minimum atomic E-state index is -0.0831. The number of pyridine rings is 1. The van der Waals surface area contributed by atoms with Gasteiger partial charge < -0.3 is 9.73 Å². The molecule has 3 rings (SSSR count). The highest BCUT2D eigenvalue weighted by atomic mass is 16.3. The van der Waals surface area contributed by atoms with E-state index in [2.05, 4.69) is 10.3 Å². The highest BCUT2D eigenvalue weighted by Crippen LogP contribution is 2.20. The molecule has 4 nitrogen and oxygen atoms in total. The molecule has 0 saturated carbocycles. The summed E-state index contributed by atoms with van der Waals surface area (Å²) in [6, 6.07) is 11.3. The summed E-state index contributed by atoms with van der Waals surface area (Å²) in [6.45, 7) is 0.574. The Labute approximate surface area is 116 Å². The van der Waals surface area contributed by atoms with Crippen LogP contribution in [0.1, 0.15) is 15.9 Å². The first kappa shape index (κ1) is 12.4. The molecule has 20 heavy (non-hydrogen) atoms. The quantitative estimate of drug-likeness (QED) is 0.790. The summed E-state index contributed by atoms with van der Waals surface area (Å²) >= 11 is 0. The Hall–Kier alpha value is -2.62. The lowest BCUT2D eigenvalue weighted by atomic mass is 10.1. The number of para-hydroxylation sites is 1. The normalized spacial score (nSPS) is 10.6. The second-order valence-electron chi connectivity index (χ2n) is 4.50. The zero-order chi connectivity index (χ0) is 13.8. The van der Waals surface area contributed by atoms with Gasteiger partial charge in [-0.25, -0.2) is 0 Å². The van der Waals surface area contributed by atoms with Gasteiger partial charge in [0.25, 0.3) is 5.91 Å². The second kappa shape index (κ2) is 5.57. The minimum absolute atomic E-state index is 0.0831. The first-order chi connectivity index (χ1) is 9.84. The third kappa shape index (κ3) is 2.54. The molecular formula is C16H14N2O2. The average Bonchev–Trinajstić information content (AvgIpc) is 2.92. The van der Waals surface area contributed by atoms with E-state index in [1.54, 1.807) is 30.8 Å². The van der Waals surface area contributed by atoms with E-state index in [1.165, 1.54) is 0 Å². The lowest BCUT2D eigenvalue weighted by molar-refractivity contribution is 0.0954. The van der Waals surface area contributed by atoms with Gasteiger partial charge in [-0.3, -0.25) is 9.78 Å². The van der Waals surface area contributed by atoms with Crippen molar-refractivity contribution in [1.82, 2.24) is 10.3 Å². The highest BCUT2D eigenvalue weighted by molar-refractivity contribution is 5.94. The number of benzene rings is 1. The standard InChI is InChI=1S/C16H14N2O2/c19-16(12-5-8-17-9-6-12)18-10-7-13-11-20-15-4-2-1-3-14(13)15/h1-6,8-9,11H,7,10H2,(H,18,19). The highest BCUT2D eigenvalue weighted by Gasteiger charge is 2.07. The van der Waals surface area contributed by atoms with Crippen molar-refractivity contribution in [1.29, 1.82) is 0 Å². The van der Waals surface area contributed by atoms with Crippen molar-refractivity contribution < 1.29 is 9.21 Å². The van der Waals surface area contributed by atoms with Gasteiger partial charge in [-0.2, -0.15) is 0 Å². The number of carbonyl (C=O) groups excluding carboxylic acids is 1.